The molecule has 10 heteroatoms. The smallest absolute Gasteiger partial charge is 0.338 e. The third-order valence-corrected chi connectivity index (χ3v) is 3.45. The zero-order valence-corrected chi connectivity index (χ0v) is 14.4. The molecule has 2 rings (SSSR count). The Morgan fingerprint density at radius 2 is 1.81 bits per heavy atom. The number of nitrogens with zero attached hydrogens (tertiary/aromatic N) is 2. The number of halogens is 2. The van der Waals surface area contributed by atoms with Crippen LogP contribution in [0.1, 0.15) is 10.4 Å². The van der Waals surface area contributed by atoms with Crippen LogP contribution in [0.4, 0.5) is 25.8 Å². The van der Waals surface area contributed by atoms with Gasteiger partial charge >= 0.3 is 5.97 Å². The first kappa shape index (κ1) is 19.8. The fraction of sp³-hybridized carbons (Fsp3) is 0.176. The molecule has 1 N–H and O–H groups in total. The van der Waals surface area contributed by atoms with Gasteiger partial charge in [-0.1, -0.05) is 6.07 Å². The van der Waals surface area contributed by atoms with Gasteiger partial charge in [0.1, 0.15) is 23.0 Å². The molecule has 2 aromatic rings. The Hall–Kier alpha value is -3.56. The van der Waals surface area contributed by atoms with Crippen LogP contribution >= 0.6 is 0 Å². The van der Waals surface area contributed by atoms with Gasteiger partial charge in [0.15, 0.2) is 6.61 Å². The van der Waals surface area contributed by atoms with E-state index in [1.54, 1.807) is 14.1 Å². The van der Waals surface area contributed by atoms with Crippen molar-refractivity contribution in [3.63, 3.8) is 0 Å². The van der Waals surface area contributed by atoms with Crippen molar-refractivity contribution < 1.29 is 28.0 Å². The minimum Gasteiger partial charge on any atom is -0.452 e. The normalized spacial score (nSPS) is 10.2. The fourth-order valence-electron chi connectivity index (χ4n) is 2.18. The fourth-order valence-corrected chi connectivity index (χ4v) is 2.18. The van der Waals surface area contributed by atoms with Crippen LogP contribution in [0, 0.1) is 21.7 Å². The Balaban J connectivity index is 2.06. The van der Waals surface area contributed by atoms with Gasteiger partial charge in [-0.2, -0.15) is 0 Å². The zero-order valence-electron chi connectivity index (χ0n) is 14.4. The van der Waals surface area contributed by atoms with Gasteiger partial charge in [-0.25, -0.2) is 13.6 Å². The van der Waals surface area contributed by atoms with Crippen LogP contribution in [0.3, 0.4) is 0 Å². The van der Waals surface area contributed by atoms with Gasteiger partial charge in [-0.05, 0) is 24.3 Å². The second-order valence-corrected chi connectivity index (χ2v) is 5.58. The second-order valence-electron chi connectivity index (χ2n) is 5.58. The van der Waals surface area contributed by atoms with Crippen LogP contribution in [-0.4, -0.2) is 37.5 Å². The molecule has 0 aliphatic rings. The number of ether oxygens (including phenoxy) is 1. The van der Waals surface area contributed by atoms with E-state index in [4.69, 9.17) is 4.74 Å². The van der Waals surface area contributed by atoms with Gasteiger partial charge in [-0.3, -0.25) is 14.9 Å². The van der Waals surface area contributed by atoms with Crippen molar-refractivity contribution in [2.45, 2.75) is 0 Å². The Morgan fingerprint density at radius 3 is 2.37 bits per heavy atom. The molecule has 0 unspecified atom stereocenters. The van der Waals surface area contributed by atoms with Crippen LogP contribution in [0.25, 0.3) is 0 Å². The highest BCUT2D eigenvalue weighted by Crippen LogP contribution is 2.28. The summed E-state index contributed by atoms with van der Waals surface area (Å²) in [6.07, 6.45) is 0. The number of nitro benzene ring substituents is 1. The van der Waals surface area contributed by atoms with E-state index in [0.29, 0.717) is 0 Å². The van der Waals surface area contributed by atoms with Crippen molar-refractivity contribution in [2.75, 3.05) is 30.9 Å². The molecule has 0 aromatic heterocycles. The van der Waals surface area contributed by atoms with E-state index < -0.39 is 40.7 Å². The first-order valence-electron chi connectivity index (χ1n) is 7.57. The van der Waals surface area contributed by atoms with E-state index in [9.17, 15) is 28.5 Å². The highest BCUT2D eigenvalue weighted by Gasteiger charge is 2.20. The van der Waals surface area contributed by atoms with Gasteiger partial charge in [0.2, 0.25) is 0 Å². The van der Waals surface area contributed by atoms with Crippen molar-refractivity contribution in [2.24, 2.45) is 0 Å². The van der Waals surface area contributed by atoms with Crippen molar-refractivity contribution >= 4 is 28.9 Å². The molecule has 0 radical (unpaired) electrons. The maximum absolute atomic E-state index is 13.5. The standard InChI is InChI=1S/C17H15F2N3O5/c1-21(2)13-7-6-10(8-14(13)22(25)26)17(24)27-9-15(23)20-16-11(18)4-3-5-12(16)19/h3-8H,9H2,1-2H3,(H,20,23). The lowest BCUT2D eigenvalue weighted by Crippen LogP contribution is -2.22. The van der Waals surface area contributed by atoms with Crippen LogP contribution in [-0.2, 0) is 9.53 Å². The third kappa shape index (κ3) is 4.75. The Morgan fingerprint density at radius 1 is 1.19 bits per heavy atom. The maximum atomic E-state index is 13.5. The van der Waals surface area contributed by atoms with Gasteiger partial charge in [0.25, 0.3) is 11.6 Å². The predicted molar refractivity (Wildman–Crippen MR) is 92.7 cm³/mol. The number of carbonyl (C=O) groups excluding carboxylic acids is 2. The lowest BCUT2D eigenvalue weighted by molar-refractivity contribution is -0.384. The van der Waals surface area contributed by atoms with Crippen molar-refractivity contribution in [3.8, 4) is 0 Å². The summed E-state index contributed by atoms with van der Waals surface area (Å²) in [5.41, 5.74) is -0.835. The number of nitrogens with one attached hydrogen (secondary N) is 1. The van der Waals surface area contributed by atoms with E-state index in [1.807, 2.05) is 5.32 Å². The summed E-state index contributed by atoms with van der Waals surface area (Å²) < 4.78 is 31.7. The number of hydrogen-bond donors (Lipinski definition) is 1. The molecule has 0 aliphatic heterocycles. The molecule has 0 saturated heterocycles. The molecule has 1 amide bonds. The topological polar surface area (TPSA) is 102 Å². The van der Waals surface area contributed by atoms with E-state index >= 15 is 0 Å². The quantitative estimate of drug-likeness (QED) is 0.470. The SMILES string of the molecule is CN(C)c1ccc(C(=O)OCC(=O)Nc2c(F)cccc2F)cc1[N+](=O)[O-]. The molecule has 0 bridgehead atoms. The summed E-state index contributed by atoms with van der Waals surface area (Å²) >= 11 is 0. The average Bonchev–Trinajstić information content (AvgIpc) is 2.62. The molecular formula is C17H15F2N3O5. The number of para-hydroxylation sites is 1. The maximum Gasteiger partial charge on any atom is 0.338 e. The van der Waals surface area contributed by atoms with Crippen molar-refractivity contribution in [1.29, 1.82) is 0 Å². The highest BCUT2D eigenvalue weighted by molar-refractivity contribution is 5.96. The summed E-state index contributed by atoms with van der Waals surface area (Å²) in [4.78, 5) is 35.7. The number of anilines is 2. The van der Waals surface area contributed by atoms with Gasteiger partial charge in [0, 0.05) is 20.2 Å². The van der Waals surface area contributed by atoms with Crippen LogP contribution in [0.5, 0.6) is 0 Å². The zero-order chi connectivity index (χ0) is 20.1. The van der Waals surface area contributed by atoms with E-state index in [2.05, 4.69) is 0 Å². The number of benzene rings is 2. The molecular weight excluding hydrogens is 364 g/mol. The lowest BCUT2D eigenvalue weighted by atomic mass is 10.1. The number of carbonyl (C=O) groups is 2. The Kier molecular flexibility index (Phi) is 6.01. The van der Waals surface area contributed by atoms with Crippen LogP contribution in [0.2, 0.25) is 0 Å². The monoisotopic (exact) mass is 379 g/mol. The van der Waals surface area contributed by atoms with E-state index in [1.165, 1.54) is 17.0 Å². The van der Waals surface area contributed by atoms with E-state index in [0.717, 1.165) is 24.3 Å². The molecule has 0 atom stereocenters. The Bertz CT molecular complexity index is 882. The number of amides is 1. The number of hydrogen-bond acceptors (Lipinski definition) is 6. The first-order valence-corrected chi connectivity index (χ1v) is 7.57. The molecule has 0 fully saturated rings. The molecule has 8 nitrogen and oxygen atoms in total. The minimum atomic E-state index is -0.993. The van der Waals surface area contributed by atoms with Gasteiger partial charge in [0.05, 0.1) is 10.5 Å². The number of esters is 1. The predicted octanol–water partition coefficient (Wildman–Crippen LogP) is 2.73. The second kappa shape index (κ2) is 8.21. The van der Waals surface area contributed by atoms with Crippen LogP contribution in [0.15, 0.2) is 36.4 Å². The lowest BCUT2D eigenvalue weighted by Gasteiger charge is -2.13. The highest BCUT2D eigenvalue weighted by atomic mass is 19.1. The third-order valence-electron chi connectivity index (χ3n) is 3.45. The first-order chi connectivity index (χ1) is 12.7. The summed E-state index contributed by atoms with van der Waals surface area (Å²) in [6, 6.07) is 6.73. The van der Waals surface area contributed by atoms with Crippen molar-refractivity contribution in [1.82, 2.24) is 0 Å². The number of nitro groups is 1. The summed E-state index contributed by atoms with van der Waals surface area (Å²) in [5, 5.41) is 13.1. The molecule has 142 valence electrons. The van der Waals surface area contributed by atoms with E-state index in [-0.39, 0.29) is 16.9 Å². The van der Waals surface area contributed by atoms with Gasteiger partial charge < -0.3 is 15.0 Å². The summed E-state index contributed by atoms with van der Waals surface area (Å²) in [7, 11) is 3.21. The van der Waals surface area contributed by atoms with Crippen molar-refractivity contribution in [3.05, 3.63) is 63.7 Å². The largest absolute Gasteiger partial charge is 0.452 e. The van der Waals surface area contributed by atoms with Gasteiger partial charge in [-0.15, -0.1) is 0 Å². The van der Waals surface area contributed by atoms with Crippen LogP contribution < -0.4 is 10.2 Å². The number of rotatable bonds is 6. The molecule has 0 aliphatic carbocycles. The molecule has 2 aromatic carbocycles. The average molecular weight is 379 g/mol. The molecule has 27 heavy (non-hydrogen) atoms. The summed E-state index contributed by atoms with van der Waals surface area (Å²) in [6.45, 7) is -0.824. The molecule has 0 spiro atoms. The molecule has 0 heterocycles. The molecule has 0 saturated carbocycles. The summed E-state index contributed by atoms with van der Waals surface area (Å²) in [5.74, 6) is -3.92. The Labute approximate surface area is 152 Å². The minimum absolute atomic E-state index is 0.142.